The van der Waals surface area contributed by atoms with Crippen LogP contribution in [0.4, 0.5) is 0 Å². The SMILES string of the molecule is C.C.C.C.C.CCCNCCN(CCC)CCN. The van der Waals surface area contributed by atoms with Crippen molar-refractivity contribution in [2.24, 2.45) is 5.73 Å². The van der Waals surface area contributed by atoms with Crippen molar-refractivity contribution in [3.8, 4) is 0 Å². The van der Waals surface area contributed by atoms with Crippen LogP contribution in [-0.2, 0) is 0 Å². The zero-order chi connectivity index (χ0) is 9.94. The highest BCUT2D eigenvalue weighted by Crippen LogP contribution is 1.88. The topological polar surface area (TPSA) is 41.3 Å². The third-order valence-electron chi connectivity index (χ3n) is 2.02. The van der Waals surface area contributed by atoms with Crippen molar-refractivity contribution in [3.05, 3.63) is 0 Å². The van der Waals surface area contributed by atoms with Crippen molar-refractivity contribution in [1.29, 1.82) is 0 Å². The molecule has 0 aliphatic carbocycles. The van der Waals surface area contributed by atoms with Gasteiger partial charge < -0.3 is 16.0 Å². The molecule has 0 unspecified atom stereocenters. The van der Waals surface area contributed by atoms with Crippen LogP contribution < -0.4 is 11.1 Å². The van der Waals surface area contributed by atoms with Gasteiger partial charge in [0.05, 0.1) is 0 Å². The lowest BCUT2D eigenvalue weighted by molar-refractivity contribution is 0.281. The first-order valence-corrected chi connectivity index (χ1v) is 5.48. The summed E-state index contributed by atoms with van der Waals surface area (Å²) < 4.78 is 0. The van der Waals surface area contributed by atoms with Gasteiger partial charge in [0.2, 0.25) is 0 Å². The van der Waals surface area contributed by atoms with Gasteiger partial charge in [-0.1, -0.05) is 51.0 Å². The van der Waals surface area contributed by atoms with Crippen LogP contribution in [0.2, 0.25) is 0 Å². The van der Waals surface area contributed by atoms with Gasteiger partial charge in [0, 0.05) is 26.2 Å². The van der Waals surface area contributed by atoms with E-state index < -0.39 is 0 Å². The quantitative estimate of drug-likeness (QED) is 0.624. The fourth-order valence-corrected chi connectivity index (χ4v) is 1.37. The van der Waals surface area contributed by atoms with Gasteiger partial charge in [-0.3, -0.25) is 0 Å². The van der Waals surface area contributed by atoms with Gasteiger partial charge in [0.1, 0.15) is 0 Å². The summed E-state index contributed by atoms with van der Waals surface area (Å²) in [4.78, 5) is 2.42. The third-order valence-corrected chi connectivity index (χ3v) is 2.02. The number of hydrogen-bond acceptors (Lipinski definition) is 3. The number of rotatable bonds is 9. The second kappa shape index (κ2) is 30.2. The Morgan fingerprint density at radius 3 is 1.72 bits per heavy atom. The molecule has 0 aromatic rings. The second-order valence-electron chi connectivity index (χ2n) is 3.38. The third kappa shape index (κ3) is 24.9. The average Bonchev–Trinajstić information content (AvgIpc) is 2.13. The van der Waals surface area contributed by atoms with Gasteiger partial charge in [-0.25, -0.2) is 0 Å². The maximum absolute atomic E-state index is 5.53. The zero-order valence-electron chi connectivity index (χ0n) is 9.18. The largest absolute Gasteiger partial charge is 0.329 e. The molecule has 3 nitrogen and oxygen atoms in total. The summed E-state index contributed by atoms with van der Waals surface area (Å²) in [5.74, 6) is 0. The maximum atomic E-state index is 5.53. The van der Waals surface area contributed by atoms with Crippen molar-refractivity contribution in [2.45, 2.75) is 63.8 Å². The highest BCUT2D eigenvalue weighted by atomic mass is 15.1. The van der Waals surface area contributed by atoms with Crippen LogP contribution in [0, 0.1) is 0 Å². The summed E-state index contributed by atoms with van der Waals surface area (Å²) in [6, 6.07) is 0. The van der Waals surface area contributed by atoms with E-state index in [0.717, 1.165) is 32.7 Å². The standard InChI is InChI=1S/C10H25N3.5CH4/c1-3-6-12-7-10-13(8-4-2)9-5-11;;;;;/h12H,3-11H2,1-2H3;5*1H4. The number of nitrogens with two attached hydrogens (primary N) is 1. The summed E-state index contributed by atoms with van der Waals surface area (Å²) >= 11 is 0. The molecular weight excluding hydrogens is 222 g/mol. The summed E-state index contributed by atoms with van der Waals surface area (Å²) in [5.41, 5.74) is 5.53. The van der Waals surface area contributed by atoms with Crippen molar-refractivity contribution in [1.82, 2.24) is 10.2 Å². The first-order chi connectivity index (χ1) is 6.35. The molecular formula is C15H45N3. The van der Waals surface area contributed by atoms with E-state index in [0.29, 0.717) is 0 Å². The lowest BCUT2D eigenvalue weighted by Gasteiger charge is -2.20. The molecule has 0 atom stereocenters. The first-order valence-electron chi connectivity index (χ1n) is 5.48. The average molecular weight is 268 g/mol. The molecule has 3 N–H and O–H groups in total. The lowest BCUT2D eigenvalue weighted by Crippen LogP contribution is -2.36. The van der Waals surface area contributed by atoms with E-state index in [2.05, 4.69) is 24.1 Å². The van der Waals surface area contributed by atoms with Gasteiger partial charge in [0.25, 0.3) is 0 Å². The molecule has 0 rings (SSSR count). The monoisotopic (exact) mass is 267 g/mol. The molecule has 0 radical (unpaired) electrons. The number of nitrogens with one attached hydrogen (secondary N) is 1. The minimum atomic E-state index is 0. The Labute approximate surface area is 120 Å². The molecule has 0 fully saturated rings. The molecule has 0 aliphatic heterocycles. The van der Waals surface area contributed by atoms with Gasteiger partial charge in [-0.15, -0.1) is 0 Å². The van der Waals surface area contributed by atoms with E-state index >= 15 is 0 Å². The predicted molar refractivity (Wildman–Crippen MR) is 92.6 cm³/mol. The van der Waals surface area contributed by atoms with E-state index in [1.165, 1.54) is 19.4 Å². The van der Waals surface area contributed by atoms with Crippen molar-refractivity contribution in [3.63, 3.8) is 0 Å². The van der Waals surface area contributed by atoms with Gasteiger partial charge in [-0.2, -0.15) is 0 Å². The highest BCUT2D eigenvalue weighted by Gasteiger charge is 2.00. The van der Waals surface area contributed by atoms with Crippen LogP contribution in [0.5, 0.6) is 0 Å². The Bertz CT molecular complexity index is 91.7. The van der Waals surface area contributed by atoms with Gasteiger partial charge in [-0.05, 0) is 25.9 Å². The van der Waals surface area contributed by atoms with E-state index in [9.17, 15) is 0 Å². The summed E-state index contributed by atoms with van der Waals surface area (Å²) in [7, 11) is 0. The van der Waals surface area contributed by atoms with Crippen molar-refractivity contribution in [2.75, 3.05) is 39.3 Å². The van der Waals surface area contributed by atoms with Crippen LogP contribution in [0.1, 0.15) is 63.8 Å². The fourth-order valence-electron chi connectivity index (χ4n) is 1.37. The van der Waals surface area contributed by atoms with Crippen LogP contribution in [0.15, 0.2) is 0 Å². The summed E-state index contributed by atoms with van der Waals surface area (Å²) in [6.07, 6.45) is 2.43. The minimum absolute atomic E-state index is 0. The van der Waals surface area contributed by atoms with Crippen LogP contribution in [-0.4, -0.2) is 44.2 Å². The molecule has 0 heterocycles. The van der Waals surface area contributed by atoms with Crippen LogP contribution in [0.3, 0.4) is 0 Å². The molecule has 0 aromatic heterocycles. The molecule has 0 spiro atoms. The summed E-state index contributed by atoms with van der Waals surface area (Å²) in [6.45, 7) is 10.7. The van der Waals surface area contributed by atoms with Gasteiger partial charge in [0.15, 0.2) is 0 Å². The van der Waals surface area contributed by atoms with E-state index in [-0.39, 0.29) is 37.1 Å². The van der Waals surface area contributed by atoms with E-state index in [4.69, 9.17) is 5.73 Å². The van der Waals surface area contributed by atoms with Crippen molar-refractivity contribution < 1.29 is 0 Å². The molecule has 3 heteroatoms. The highest BCUT2D eigenvalue weighted by molar-refractivity contribution is 4.59. The van der Waals surface area contributed by atoms with Crippen LogP contribution >= 0.6 is 0 Å². The Balaban J connectivity index is -0.0000000720. The molecule has 0 amide bonds. The maximum Gasteiger partial charge on any atom is 0.0107 e. The zero-order valence-corrected chi connectivity index (χ0v) is 9.18. The Kier molecular flexibility index (Phi) is 60.5. The molecule has 18 heavy (non-hydrogen) atoms. The van der Waals surface area contributed by atoms with E-state index in [1.807, 2.05) is 0 Å². The van der Waals surface area contributed by atoms with Crippen molar-refractivity contribution >= 4 is 0 Å². The number of nitrogens with zero attached hydrogens (tertiary/aromatic N) is 1. The molecule has 0 aromatic carbocycles. The minimum Gasteiger partial charge on any atom is -0.329 e. The smallest absolute Gasteiger partial charge is 0.0107 e. The Morgan fingerprint density at radius 2 is 1.33 bits per heavy atom. The summed E-state index contributed by atoms with van der Waals surface area (Å²) in [5, 5.41) is 3.40. The van der Waals surface area contributed by atoms with E-state index in [1.54, 1.807) is 0 Å². The molecule has 0 saturated heterocycles. The predicted octanol–water partition coefficient (Wildman–Crippen LogP) is 3.84. The Hall–Kier alpha value is -0.120. The molecule has 0 aliphatic rings. The number of hydrogen-bond donors (Lipinski definition) is 2. The molecule has 120 valence electrons. The lowest BCUT2D eigenvalue weighted by atomic mass is 10.4. The molecule has 0 bridgehead atoms. The first kappa shape index (κ1) is 36.1. The normalized spacial score (nSPS) is 8.00. The van der Waals surface area contributed by atoms with Gasteiger partial charge >= 0.3 is 0 Å². The molecule has 0 saturated carbocycles. The Morgan fingerprint density at radius 1 is 0.778 bits per heavy atom. The second-order valence-corrected chi connectivity index (χ2v) is 3.38. The fraction of sp³-hybridized carbons (Fsp3) is 1.00. The van der Waals surface area contributed by atoms with Crippen LogP contribution in [0.25, 0.3) is 0 Å².